The number of nitrogens with one attached hydrogen (secondary N) is 3. The number of rotatable bonds is 8. The Morgan fingerprint density at radius 3 is 2.69 bits per heavy atom. The summed E-state index contributed by atoms with van der Waals surface area (Å²) in [6, 6.07) is 11.8. The van der Waals surface area contributed by atoms with Gasteiger partial charge in [0.2, 0.25) is 0 Å². The molecule has 2 aromatic carbocycles. The highest BCUT2D eigenvalue weighted by atomic mass is 35.5. The molecule has 0 saturated carbocycles. The lowest BCUT2D eigenvalue weighted by atomic mass is 10.2. The van der Waals surface area contributed by atoms with Gasteiger partial charge in [-0.3, -0.25) is 0 Å². The Labute approximate surface area is 209 Å². The van der Waals surface area contributed by atoms with Gasteiger partial charge in [-0.2, -0.15) is 0 Å². The van der Waals surface area contributed by atoms with Crippen LogP contribution in [0.3, 0.4) is 0 Å². The molecule has 0 aliphatic heterocycles. The van der Waals surface area contributed by atoms with E-state index in [0.717, 1.165) is 45.7 Å². The number of thiazole rings is 1. The maximum atomic E-state index is 6.20. The molecule has 32 heavy (non-hydrogen) atoms. The SMILES string of the molecule is CNCc1ccc2nc(-c3csc(Nc4cc(Cl)ccc4OCC(C)C)n3)[nH]c2c1.Cl.Cl. The van der Waals surface area contributed by atoms with Crippen LogP contribution in [0, 0.1) is 5.92 Å². The van der Waals surface area contributed by atoms with Crippen LogP contribution in [0.5, 0.6) is 5.75 Å². The van der Waals surface area contributed by atoms with Crippen LogP contribution < -0.4 is 15.4 Å². The number of H-pyrrole nitrogens is 1. The average Bonchev–Trinajstić information content (AvgIpc) is 3.34. The van der Waals surface area contributed by atoms with Crippen LogP contribution in [0.4, 0.5) is 10.8 Å². The number of fused-ring (bicyclic) bond motifs is 1. The minimum atomic E-state index is 0. The zero-order chi connectivity index (χ0) is 21.1. The number of aromatic nitrogens is 3. The molecule has 0 unspecified atom stereocenters. The predicted octanol–water partition coefficient (Wildman–Crippen LogP) is 6.68. The van der Waals surface area contributed by atoms with E-state index in [1.54, 1.807) is 0 Å². The Bertz CT molecular complexity index is 1160. The number of hydrogen-bond acceptors (Lipinski definition) is 6. The Kier molecular flexibility index (Phi) is 9.61. The summed E-state index contributed by atoms with van der Waals surface area (Å²) in [6.07, 6.45) is 0. The van der Waals surface area contributed by atoms with E-state index in [1.807, 2.05) is 36.7 Å². The van der Waals surface area contributed by atoms with Crippen molar-refractivity contribution < 1.29 is 4.74 Å². The lowest BCUT2D eigenvalue weighted by molar-refractivity contribution is 0.272. The number of imidazole rings is 1. The number of ether oxygens (including phenoxy) is 1. The quantitative estimate of drug-likeness (QED) is 0.244. The molecule has 2 aromatic heterocycles. The van der Waals surface area contributed by atoms with Crippen LogP contribution in [-0.4, -0.2) is 28.6 Å². The summed E-state index contributed by atoms with van der Waals surface area (Å²) in [7, 11) is 1.94. The molecule has 10 heteroatoms. The van der Waals surface area contributed by atoms with Gasteiger partial charge in [-0.1, -0.05) is 31.5 Å². The first-order valence-corrected chi connectivity index (χ1v) is 11.1. The van der Waals surface area contributed by atoms with Crippen LogP contribution in [0.15, 0.2) is 41.8 Å². The van der Waals surface area contributed by atoms with Gasteiger partial charge in [0, 0.05) is 16.9 Å². The fraction of sp³-hybridized carbons (Fsp3) is 0.273. The fourth-order valence-corrected chi connectivity index (χ4v) is 3.91. The third-order valence-electron chi connectivity index (χ3n) is 4.43. The van der Waals surface area contributed by atoms with Gasteiger partial charge < -0.3 is 20.4 Å². The number of hydrogen-bond donors (Lipinski definition) is 3. The molecule has 4 aromatic rings. The van der Waals surface area contributed by atoms with Gasteiger partial charge in [-0.05, 0) is 48.9 Å². The van der Waals surface area contributed by atoms with Crippen molar-refractivity contribution in [3.05, 3.63) is 52.4 Å². The van der Waals surface area contributed by atoms with Crippen molar-refractivity contribution in [3.8, 4) is 17.3 Å². The summed E-state index contributed by atoms with van der Waals surface area (Å²) >= 11 is 7.70. The second-order valence-corrected chi connectivity index (χ2v) is 8.77. The molecular formula is C22H26Cl3N5OS. The number of benzene rings is 2. The van der Waals surface area contributed by atoms with E-state index in [0.29, 0.717) is 17.5 Å². The lowest BCUT2D eigenvalue weighted by Gasteiger charge is -2.13. The summed E-state index contributed by atoms with van der Waals surface area (Å²) in [4.78, 5) is 12.8. The molecule has 4 rings (SSSR count). The second kappa shape index (κ2) is 11.7. The summed E-state index contributed by atoms with van der Waals surface area (Å²) < 4.78 is 5.92. The molecule has 0 atom stereocenters. The minimum Gasteiger partial charge on any atom is -0.491 e. The summed E-state index contributed by atoms with van der Waals surface area (Å²) in [5, 5.41) is 9.87. The monoisotopic (exact) mass is 513 g/mol. The molecule has 172 valence electrons. The lowest BCUT2D eigenvalue weighted by Crippen LogP contribution is -2.06. The first kappa shape index (κ1) is 26.2. The van der Waals surface area contributed by atoms with E-state index in [1.165, 1.54) is 16.9 Å². The van der Waals surface area contributed by atoms with Crippen molar-refractivity contribution in [2.24, 2.45) is 5.92 Å². The molecule has 3 N–H and O–H groups in total. The largest absolute Gasteiger partial charge is 0.491 e. The molecule has 0 bridgehead atoms. The molecule has 0 amide bonds. The van der Waals surface area contributed by atoms with Gasteiger partial charge in [0.05, 0.1) is 23.3 Å². The van der Waals surface area contributed by atoms with E-state index >= 15 is 0 Å². The average molecular weight is 515 g/mol. The van der Waals surface area contributed by atoms with E-state index in [2.05, 4.69) is 46.6 Å². The zero-order valence-corrected chi connectivity index (χ0v) is 21.1. The van der Waals surface area contributed by atoms with E-state index in [-0.39, 0.29) is 24.8 Å². The Morgan fingerprint density at radius 1 is 1.12 bits per heavy atom. The zero-order valence-electron chi connectivity index (χ0n) is 17.9. The molecule has 6 nitrogen and oxygen atoms in total. The van der Waals surface area contributed by atoms with Gasteiger partial charge in [0.1, 0.15) is 11.4 Å². The van der Waals surface area contributed by atoms with Crippen LogP contribution >= 0.6 is 47.8 Å². The number of nitrogens with zero attached hydrogens (tertiary/aromatic N) is 2. The van der Waals surface area contributed by atoms with Crippen molar-refractivity contribution in [3.63, 3.8) is 0 Å². The van der Waals surface area contributed by atoms with Crippen molar-refractivity contribution >= 4 is 69.6 Å². The summed E-state index contributed by atoms with van der Waals surface area (Å²) in [6.45, 7) is 5.68. The molecule has 0 spiro atoms. The maximum Gasteiger partial charge on any atom is 0.187 e. The van der Waals surface area contributed by atoms with Crippen LogP contribution in [-0.2, 0) is 6.54 Å². The van der Waals surface area contributed by atoms with E-state index in [4.69, 9.17) is 21.3 Å². The number of aromatic amines is 1. The van der Waals surface area contributed by atoms with Gasteiger partial charge >= 0.3 is 0 Å². The molecule has 2 heterocycles. The Hall–Kier alpha value is -2.03. The van der Waals surface area contributed by atoms with Gasteiger partial charge in [0.15, 0.2) is 11.0 Å². The highest BCUT2D eigenvalue weighted by Crippen LogP contribution is 2.33. The molecule has 0 radical (unpaired) electrons. The van der Waals surface area contributed by atoms with Crippen LogP contribution in [0.25, 0.3) is 22.6 Å². The first-order chi connectivity index (χ1) is 14.5. The minimum absolute atomic E-state index is 0. The van der Waals surface area contributed by atoms with Crippen molar-refractivity contribution in [2.45, 2.75) is 20.4 Å². The Morgan fingerprint density at radius 2 is 1.94 bits per heavy atom. The predicted molar refractivity (Wildman–Crippen MR) is 140 cm³/mol. The molecule has 0 aliphatic carbocycles. The highest BCUT2D eigenvalue weighted by molar-refractivity contribution is 7.14. The summed E-state index contributed by atoms with van der Waals surface area (Å²) in [5.74, 6) is 1.94. The smallest absolute Gasteiger partial charge is 0.187 e. The van der Waals surface area contributed by atoms with Crippen molar-refractivity contribution in [1.82, 2.24) is 20.3 Å². The van der Waals surface area contributed by atoms with Crippen LogP contribution in [0.2, 0.25) is 5.02 Å². The summed E-state index contributed by atoms with van der Waals surface area (Å²) in [5.41, 5.74) is 4.72. The standard InChI is InChI=1S/C22H24ClN5OS.2ClH/c1-13(2)11-29-20-7-5-15(23)9-18(20)27-22-28-19(12-30-22)21-25-16-6-4-14(10-24-3)8-17(16)26-21;;/h4-9,12-13,24H,10-11H2,1-3H3,(H,25,26)(H,27,28);2*1H. The maximum absolute atomic E-state index is 6.20. The van der Waals surface area contributed by atoms with E-state index in [9.17, 15) is 0 Å². The van der Waals surface area contributed by atoms with Crippen LogP contribution in [0.1, 0.15) is 19.4 Å². The highest BCUT2D eigenvalue weighted by Gasteiger charge is 2.12. The normalized spacial score (nSPS) is 10.7. The second-order valence-electron chi connectivity index (χ2n) is 7.48. The third-order valence-corrected chi connectivity index (χ3v) is 5.42. The third kappa shape index (κ3) is 6.27. The fourth-order valence-electron chi connectivity index (χ4n) is 3.03. The molecule has 0 saturated heterocycles. The van der Waals surface area contributed by atoms with Crippen molar-refractivity contribution in [2.75, 3.05) is 19.0 Å². The molecular weight excluding hydrogens is 489 g/mol. The number of halogens is 3. The molecule has 0 aliphatic rings. The number of anilines is 2. The van der Waals surface area contributed by atoms with Gasteiger partial charge in [-0.25, -0.2) is 9.97 Å². The van der Waals surface area contributed by atoms with E-state index < -0.39 is 0 Å². The van der Waals surface area contributed by atoms with Gasteiger partial charge in [0.25, 0.3) is 0 Å². The first-order valence-electron chi connectivity index (χ1n) is 9.80. The van der Waals surface area contributed by atoms with Gasteiger partial charge in [-0.15, -0.1) is 36.2 Å². The molecule has 0 fully saturated rings. The topological polar surface area (TPSA) is 74.9 Å². The Balaban J connectivity index is 0.00000181. The van der Waals surface area contributed by atoms with Crippen molar-refractivity contribution in [1.29, 1.82) is 0 Å².